The van der Waals surface area contributed by atoms with Gasteiger partial charge in [-0.1, -0.05) is 24.3 Å². The number of aliphatic hydroxyl groups is 1. The Kier molecular flexibility index (Phi) is 2.99. The van der Waals surface area contributed by atoms with Crippen LogP contribution in [0.2, 0.25) is 0 Å². The van der Waals surface area contributed by atoms with Gasteiger partial charge in [0.2, 0.25) is 0 Å². The Labute approximate surface area is 115 Å². The van der Waals surface area contributed by atoms with Crippen LogP contribution in [0.15, 0.2) is 34.9 Å². The minimum atomic E-state index is -0.473. The molecule has 0 amide bonds. The van der Waals surface area contributed by atoms with Gasteiger partial charge in [0, 0.05) is 7.05 Å². The molecule has 1 heterocycles. The molecule has 0 saturated carbocycles. The van der Waals surface area contributed by atoms with Gasteiger partial charge in [-0.3, -0.25) is 4.68 Å². The molecule has 1 aliphatic rings. The highest BCUT2D eigenvalue weighted by atomic mass is 79.9. The van der Waals surface area contributed by atoms with Crippen LogP contribution in [0.5, 0.6) is 0 Å². The molecule has 0 spiro atoms. The van der Waals surface area contributed by atoms with Gasteiger partial charge in [0.25, 0.3) is 0 Å². The quantitative estimate of drug-likeness (QED) is 0.926. The first kappa shape index (κ1) is 11.9. The molecule has 0 fully saturated rings. The lowest BCUT2D eigenvalue weighted by Crippen LogP contribution is -2.16. The molecule has 1 unspecified atom stereocenters. The summed E-state index contributed by atoms with van der Waals surface area (Å²) >= 11 is 3.46. The van der Waals surface area contributed by atoms with E-state index in [0.29, 0.717) is 0 Å². The van der Waals surface area contributed by atoms with Crippen LogP contribution in [0.3, 0.4) is 0 Å². The molecule has 0 radical (unpaired) electrons. The predicted molar refractivity (Wildman–Crippen MR) is 73.2 cm³/mol. The first-order chi connectivity index (χ1) is 8.66. The zero-order valence-corrected chi connectivity index (χ0v) is 11.8. The number of rotatable bonds is 2. The summed E-state index contributed by atoms with van der Waals surface area (Å²) in [4.78, 5) is 0. The Balaban J connectivity index is 1.87. The van der Waals surface area contributed by atoms with E-state index in [1.165, 1.54) is 11.1 Å². The molecule has 1 N–H and O–H groups in total. The van der Waals surface area contributed by atoms with E-state index in [0.717, 1.165) is 23.0 Å². The smallest absolute Gasteiger partial charge is 0.100 e. The van der Waals surface area contributed by atoms with E-state index < -0.39 is 6.10 Å². The second-order valence-electron chi connectivity index (χ2n) is 4.88. The van der Waals surface area contributed by atoms with Crippen molar-refractivity contribution in [3.05, 3.63) is 51.8 Å². The summed E-state index contributed by atoms with van der Waals surface area (Å²) < 4.78 is 2.63. The third-order valence-electron chi connectivity index (χ3n) is 3.75. The number of aryl methyl sites for hydroxylation is 1. The summed E-state index contributed by atoms with van der Waals surface area (Å²) in [5.41, 5.74) is 3.59. The van der Waals surface area contributed by atoms with Crippen molar-refractivity contribution < 1.29 is 5.11 Å². The van der Waals surface area contributed by atoms with Crippen LogP contribution in [-0.4, -0.2) is 14.9 Å². The highest BCUT2D eigenvalue weighted by molar-refractivity contribution is 9.10. The zero-order chi connectivity index (χ0) is 12.7. The molecule has 1 aromatic carbocycles. The van der Waals surface area contributed by atoms with Gasteiger partial charge in [-0.05, 0) is 45.8 Å². The van der Waals surface area contributed by atoms with Gasteiger partial charge in [0.1, 0.15) is 6.10 Å². The maximum Gasteiger partial charge on any atom is 0.100 e. The predicted octanol–water partition coefficient (Wildman–Crippen LogP) is 2.63. The summed E-state index contributed by atoms with van der Waals surface area (Å²) in [5.74, 6) is 0.245. The second kappa shape index (κ2) is 4.52. The van der Waals surface area contributed by atoms with E-state index in [1.807, 2.05) is 7.05 Å². The second-order valence-corrected chi connectivity index (χ2v) is 5.74. The van der Waals surface area contributed by atoms with Gasteiger partial charge in [-0.2, -0.15) is 5.10 Å². The number of aliphatic hydroxyl groups excluding tert-OH is 1. The van der Waals surface area contributed by atoms with Crippen LogP contribution in [0, 0.1) is 5.92 Å². The lowest BCUT2D eigenvalue weighted by Gasteiger charge is -2.18. The lowest BCUT2D eigenvalue weighted by molar-refractivity contribution is 0.104. The first-order valence-corrected chi connectivity index (χ1v) is 6.88. The molecule has 94 valence electrons. The Hall–Kier alpha value is -1.13. The average molecular weight is 307 g/mol. The SMILES string of the molecule is Cn1ncc(Br)c1C(O)C1Cc2ccccc2C1. The van der Waals surface area contributed by atoms with Crippen LogP contribution in [-0.2, 0) is 19.9 Å². The van der Waals surface area contributed by atoms with Crippen molar-refractivity contribution >= 4 is 15.9 Å². The van der Waals surface area contributed by atoms with Crippen LogP contribution in [0.1, 0.15) is 22.9 Å². The third-order valence-corrected chi connectivity index (χ3v) is 4.36. The van der Waals surface area contributed by atoms with Crippen LogP contribution >= 0.6 is 15.9 Å². The molecule has 0 aliphatic heterocycles. The summed E-state index contributed by atoms with van der Waals surface area (Å²) in [6, 6.07) is 8.43. The zero-order valence-electron chi connectivity index (χ0n) is 10.2. The normalized spacial score (nSPS) is 16.8. The number of benzene rings is 1. The number of hydrogen-bond donors (Lipinski definition) is 1. The minimum Gasteiger partial charge on any atom is -0.386 e. The molecule has 4 heteroatoms. The fraction of sp³-hybridized carbons (Fsp3) is 0.357. The molecule has 3 nitrogen and oxygen atoms in total. The van der Waals surface area contributed by atoms with E-state index >= 15 is 0 Å². The molecule has 0 bridgehead atoms. The summed E-state index contributed by atoms with van der Waals surface area (Å²) in [6.45, 7) is 0. The maximum atomic E-state index is 10.6. The number of hydrogen-bond acceptors (Lipinski definition) is 2. The van der Waals surface area contributed by atoms with Crippen LogP contribution in [0.4, 0.5) is 0 Å². The molecular weight excluding hydrogens is 292 g/mol. The molecule has 2 aromatic rings. The van der Waals surface area contributed by atoms with E-state index in [4.69, 9.17) is 0 Å². The number of fused-ring (bicyclic) bond motifs is 1. The Morgan fingerprint density at radius 3 is 2.44 bits per heavy atom. The van der Waals surface area contributed by atoms with Gasteiger partial charge in [0.15, 0.2) is 0 Å². The summed E-state index contributed by atoms with van der Waals surface area (Å²) in [5, 5.41) is 14.7. The van der Waals surface area contributed by atoms with E-state index in [1.54, 1.807) is 10.9 Å². The standard InChI is InChI=1S/C14H15BrN2O/c1-17-13(12(15)8-16-17)14(18)11-6-9-4-2-3-5-10(9)7-11/h2-5,8,11,14,18H,6-7H2,1H3. The van der Waals surface area contributed by atoms with Crippen molar-refractivity contribution in [1.29, 1.82) is 0 Å². The first-order valence-electron chi connectivity index (χ1n) is 6.09. The van der Waals surface area contributed by atoms with Crippen molar-refractivity contribution in [2.24, 2.45) is 13.0 Å². The molecular formula is C14H15BrN2O. The molecule has 18 heavy (non-hydrogen) atoms. The lowest BCUT2D eigenvalue weighted by atomic mass is 9.96. The summed E-state index contributed by atoms with van der Waals surface area (Å²) in [6.07, 6.45) is 3.14. The van der Waals surface area contributed by atoms with Crippen molar-refractivity contribution in [2.45, 2.75) is 18.9 Å². The van der Waals surface area contributed by atoms with Gasteiger partial charge in [0.05, 0.1) is 16.4 Å². The molecule has 1 aliphatic carbocycles. The van der Waals surface area contributed by atoms with Crippen LogP contribution in [0.25, 0.3) is 0 Å². The minimum absolute atomic E-state index is 0.245. The van der Waals surface area contributed by atoms with E-state index in [-0.39, 0.29) is 5.92 Å². The molecule has 3 rings (SSSR count). The number of aromatic nitrogens is 2. The maximum absolute atomic E-state index is 10.6. The van der Waals surface area contributed by atoms with E-state index in [2.05, 4.69) is 45.3 Å². The highest BCUT2D eigenvalue weighted by Crippen LogP contribution is 2.37. The largest absolute Gasteiger partial charge is 0.386 e. The number of halogens is 1. The fourth-order valence-electron chi connectivity index (χ4n) is 2.79. The van der Waals surface area contributed by atoms with Crippen molar-refractivity contribution in [3.63, 3.8) is 0 Å². The average Bonchev–Trinajstić information content (AvgIpc) is 2.92. The molecule has 1 aromatic heterocycles. The van der Waals surface area contributed by atoms with Crippen molar-refractivity contribution in [2.75, 3.05) is 0 Å². The highest BCUT2D eigenvalue weighted by Gasteiger charge is 2.30. The van der Waals surface area contributed by atoms with Gasteiger partial charge < -0.3 is 5.11 Å². The topological polar surface area (TPSA) is 38.0 Å². The van der Waals surface area contributed by atoms with Gasteiger partial charge >= 0.3 is 0 Å². The monoisotopic (exact) mass is 306 g/mol. The molecule has 0 saturated heterocycles. The molecule has 1 atom stereocenters. The van der Waals surface area contributed by atoms with Gasteiger partial charge in [-0.15, -0.1) is 0 Å². The van der Waals surface area contributed by atoms with Gasteiger partial charge in [-0.25, -0.2) is 0 Å². The summed E-state index contributed by atoms with van der Waals surface area (Å²) in [7, 11) is 1.87. The number of nitrogens with zero attached hydrogens (tertiary/aromatic N) is 2. The fourth-order valence-corrected chi connectivity index (χ4v) is 3.38. The Morgan fingerprint density at radius 2 is 1.94 bits per heavy atom. The van der Waals surface area contributed by atoms with Crippen molar-refractivity contribution in [3.8, 4) is 0 Å². The van der Waals surface area contributed by atoms with Crippen molar-refractivity contribution in [1.82, 2.24) is 9.78 Å². The Morgan fingerprint density at radius 1 is 1.33 bits per heavy atom. The Bertz CT molecular complexity index is 534. The van der Waals surface area contributed by atoms with E-state index in [9.17, 15) is 5.11 Å². The van der Waals surface area contributed by atoms with Crippen LogP contribution < -0.4 is 0 Å². The third kappa shape index (κ3) is 1.89.